The zero-order valence-electron chi connectivity index (χ0n) is 21.1. The van der Waals surface area contributed by atoms with Crippen molar-refractivity contribution >= 4 is 17.3 Å². The van der Waals surface area contributed by atoms with E-state index in [-0.39, 0.29) is 5.82 Å². The smallest absolute Gasteiger partial charge is 0.227 e. The predicted octanol–water partition coefficient (Wildman–Crippen LogP) is 5.42. The van der Waals surface area contributed by atoms with Crippen molar-refractivity contribution in [1.29, 1.82) is 0 Å². The number of hydrogen-bond donors (Lipinski definition) is 1. The topological polar surface area (TPSA) is 76.8 Å². The van der Waals surface area contributed by atoms with Gasteiger partial charge in [-0.2, -0.15) is 0 Å². The molecule has 0 spiro atoms. The number of aromatic nitrogens is 4. The van der Waals surface area contributed by atoms with Gasteiger partial charge in [-0.05, 0) is 74.3 Å². The molecule has 0 aliphatic rings. The van der Waals surface area contributed by atoms with Crippen LogP contribution in [0.4, 0.5) is 16.0 Å². The third-order valence-electron chi connectivity index (χ3n) is 5.84. The van der Waals surface area contributed by atoms with E-state index >= 15 is 0 Å². The van der Waals surface area contributed by atoms with E-state index in [1.807, 2.05) is 49.0 Å². The van der Waals surface area contributed by atoms with Crippen molar-refractivity contribution in [3.8, 4) is 34.1 Å². The van der Waals surface area contributed by atoms with Gasteiger partial charge < -0.3 is 19.7 Å². The van der Waals surface area contributed by atoms with E-state index in [9.17, 15) is 4.39 Å². The van der Waals surface area contributed by atoms with Crippen LogP contribution in [0.3, 0.4) is 0 Å². The quantitative estimate of drug-likeness (QED) is 0.306. The van der Waals surface area contributed by atoms with Crippen LogP contribution >= 0.6 is 0 Å². The molecule has 0 amide bonds. The standard InChI is InChI=1S/C28H27FN6O2/c1-34(2)17-18-12-14-35-25(15-18)33-26(19-5-7-20(29)8-6-19)27(35)22-11-13-30-28(32-22)31-21-9-10-23(36-3)24(16-21)37-4/h5-16H,17H2,1-4H3,(H,30,31,32). The molecule has 0 fully saturated rings. The first kappa shape index (κ1) is 24.2. The van der Waals surface area contributed by atoms with E-state index in [0.717, 1.165) is 34.7 Å². The fourth-order valence-electron chi connectivity index (χ4n) is 4.20. The summed E-state index contributed by atoms with van der Waals surface area (Å²) in [6.45, 7) is 0.789. The van der Waals surface area contributed by atoms with Gasteiger partial charge in [0.1, 0.15) is 11.5 Å². The Bertz CT molecular complexity index is 1550. The average Bonchev–Trinajstić information content (AvgIpc) is 3.27. The molecular formula is C28H27FN6O2. The van der Waals surface area contributed by atoms with Gasteiger partial charge in [-0.3, -0.25) is 4.40 Å². The minimum absolute atomic E-state index is 0.300. The number of benzene rings is 2. The van der Waals surface area contributed by atoms with Crippen molar-refractivity contribution < 1.29 is 13.9 Å². The molecule has 0 atom stereocenters. The lowest BCUT2D eigenvalue weighted by atomic mass is 10.1. The second kappa shape index (κ2) is 10.2. The van der Waals surface area contributed by atoms with E-state index in [1.54, 1.807) is 32.5 Å². The number of halogens is 1. The first-order chi connectivity index (χ1) is 17.9. The minimum Gasteiger partial charge on any atom is -0.493 e. The Morgan fingerprint density at radius 2 is 1.70 bits per heavy atom. The van der Waals surface area contributed by atoms with Crippen molar-refractivity contribution in [2.75, 3.05) is 33.6 Å². The molecule has 0 saturated heterocycles. The zero-order valence-corrected chi connectivity index (χ0v) is 21.1. The van der Waals surface area contributed by atoms with Crippen molar-refractivity contribution in [1.82, 2.24) is 24.3 Å². The molecule has 5 rings (SSSR count). The average molecular weight is 499 g/mol. The lowest BCUT2D eigenvalue weighted by Crippen LogP contribution is -2.10. The van der Waals surface area contributed by atoms with Gasteiger partial charge in [0.25, 0.3) is 0 Å². The molecule has 0 bridgehead atoms. The maximum atomic E-state index is 13.7. The van der Waals surface area contributed by atoms with Crippen molar-refractivity contribution in [2.24, 2.45) is 0 Å². The summed E-state index contributed by atoms with van der Waals surface area (Å²) in [5.41, 5.74) is 5.63. The Morgan fingerprint density at radius 1 is 0.919 bits per heavy atom. The van der Waals surface area contributed by atoms with E-state index in [0.29, 0.717) is 28.8 Å². The number of nitrogens with one attached hydrogen (secondary N) is 1. The normalized spacial score (nSPS) is 11.2. The number of anilines is 2. The molecule has 1 N–H and O–H groups in total. The molecule has 3 heterocycles. The molecule has 0 saturated carbocycles. The fourth-order valence-corrected chi connectivity index (χ4v) is 4.20. The first-order valence-corrected chi connectivity index (χ1v) is 11.7. The lowest BCUT2D eigenvalue weighted by molar-refractivity contribution is 0.355. The van der Waals surface area contributed by atoms with E-state index in [1.165, 1.54) is 12.1 Å². The van der Waals surface area contributed by atoms with E-state index in [2.05, 4.69) is 27.3 Å². The number of pyridine rings is 1. The van der Waals surface area contributed by atoms with Gasteiger partial charge in [-0.25, -0.2) is 19.3 Å². The molecule has 0 unspecified atom stereocenters. The number of methoxy groups -OCH3 is 2. The van der Waals surface area contributed by atoms with Crippen LogP contribution in [0.25, 0.3) is 28.3 Å². The van der Waals surface area contributed by atoms with Gasteiger partial charge in [-0.1, -0.05) is 0 Å². The van der Waals surface area contributed by atoms with Gasteiger partial charge in [0, 0.05) is 36.3 Å². The highest BCUT2D eigenvalue weighted by Crippen LogP contribution is 2.34. The Balaban J connectivity index is 1.59. The van der Waals surface area contributed by atoms with Crippen LogP contribution in [0.15, 0.2) is 73.1 Å². The summed E-state index contributed by atoms with van der Waals surface area (Å²) in [5, 5.41) is 3.24. The molecular weight excluding hydrogens is 471 g/mol. The zero-order chi connectivity index (χ0) is 25.9. The van der Waals surface area contributed by atoms with Crippen molar-refractivity contribution in [3.63, 3.8) is 0 Å². The summed E-state index contributed by atoms with van der Waals surface area (Å²) in [7, 11) is 7.23. The molecule has 2 aromatic carbocycles. The predicted molar refractivity (Wildman–Crippen MR) is 142 cm³/mol. The summed E-state index contributed by atoms with van der Waals surface area (Å²) < 4.78 is 26.4. The van der Waals surface area contributed by atoms with Crippen LogP contribution in [0.5, 0.6) is 11.5 Å². The SMILES string of the molecule is COc1ccc(Nc2nccc(-c3c(-c4ccc(F)cc4)nc4cc(CN(C)C)ccn34)n2)cc1OC. The number of fused-ring (bicyclic) bond motifs is 1. The number of hydrogen-bond acceptors (Lipinski definition) is 7. The molecule has 0 radical (unpaired) electrons. The Hall–Kier alpha value is -4.50. The third kappa shape index (κ3) is 5.07. The van der Waals surface area contributed by atoms with Crippen molar-refractivity contribution in [3.05, 3.63) is 84.4 Å². The molecule has 9 heteroatoms. The number of nitrogens with zero attached hydrogens (tertiary/aromatic N) is 5. The monoisotopic (exact) mass is 498 g/mol. The maximum Gasteiger partial charge on any atom is 0.227 e. The van der Waals surface area contributed by atoms with Crippen LogP contribution in [0.2, 0.25) is 0 Å². The highest BCUT2D eigenvalue weighted by molar-refractivity contribution is 5.81. The summed E-state index contributed by atoms with van der Waals surface area (Å²) in [5.74, 6) is 1.34. The second-order valence-corrected chi connectivity index (χ2v) is 8.78. The van der Waals surface area contributed by atoms with Crippen LogP contribution in [-0.4, -0.2) is 52.6 Å². The van der Waals surface area contributed by atoms with Gasteiger partial charge in [-0.15, -0.1) is 0 Å². The van der Waals surface area contributed by atoms with Gasteiger partial charge in [0.15, 0.2) is 11.5 Å². The van der Waals surface area contributed by atoms with Crippen LogP contribution in [0, 0.1) is 5.82 Å². The Morgan fingerprint density at radius 3 is 2.43 bits per heavy atom. The third-order valence-corrected chi connectivity index (χ3v) is 5.84. The van der Waals surface area contributed by atoms with Crippen molar-refractivity contribution in [2.45, 2.75) is 6.54 Å². The largest absolute Gasteiger partial charge is 0.493 e. The summed E-state index contributed by atoms with van der Waals surface area (Å²) in [6, 6.07) is 17.8. The lowest BCUT2D eigenvalue weighted by Gasteiger charge is -2.12. The summed E-state index contributed by atoms with van der Waals surface area (Å²) in [6.07, 6.45) is 3.69. The number of rotatable bonds is 8. The first-order valence-electron chi connectivity index (χ1n) is 11.7. The van der Waals surface area contributed by atoms with Crippen LogP contribution in [-0.2, 0) is 6.54 Å². The van der Waals surface area contributed by atoms with Gasteiger partial charge >= 0.3 is 0 Å². The minimum atomic E-state index is -0.300. The van der Waals surface area contributed by atoms with E-state index in [4.69, 9.17) is 19.4 Å². The summed E-state index contributed by atoms with van der Waals surface area (Å²) >= 11 is 0. The molecule has 188 valence electrons. The fraction of sp³-hybridized carbons (Fsp3) is 0.179. The molecule has 37 heavy (non-hydrogen) atoms. The van der Waals surface area contributed by atoms with E-state index < -0.39 is 0 Å². The summed E-state index contributed by atoms with van der Waals surface area (Å²) in [4.78, 5) is 16.2. The Kier molecular flexibility index (Phi) is 6.70. The number of ether oxygens (including phenoxy) is 2. The molecule has 3 aromatic heterocycles. The second-order valence-electron chi connectivity index (χ2n) is 8.78. The van der Waals surface area contributed by atoms with Crippen LogP contribution in [0.1, 0.15) is 5.56 Å². The molecule has 8 nitrogen and oxygen atoms in total. The number of imidazole rings is 1. The Labute approximate surface area is 214 Å². The highest BCUT2D eigenvalue weighted by atomic mass is 19.1. The maximum absolute atomic E-state index is 13.7. The molecule has 0 aliphatic carbocycles. The van der Waals surface area contributed by atoms with Gasteiger partial charge in [0.05, 0.1) is 31.3 Å². The molecule has 5 aromatic rings. The highest BCUT2D eigenvalue weighted by Gasteiger charge is 2.18. The van der Waals surface area contributed by atoms with Crippen LogP contribution < -0.4 is 14.8 Å². The molecule has 0 aliphatic heterocycles. The van der Waals surface area contributed by atoms with Gasteiger partial charge in [0.2, 0.25) is 5.95 Å².